The molecule has 1 aliphatic rings. The fourth-order valence-electron chi connectivity index (χ4n) is 3.45. The molecule has 1 aliphatic heterocycles. The molecule has 8 nitrogen and oxygen atoms in total. The first-order chi connectivity index (χ1) is 17.3. The summed E-state index contributed by atoms with van der Waals surface area (Å²) in [5.41, 5.74) is 5.95. The summed E-state index contributed by atoms with van der Waals surface area (Å²) in [5, 5.41) is 6.16. The van der Waals surface area contributed by atoms with Crippen molar-refractivity contribution >= 4 is 29.0 Å². The summed E-state index contributed by atoms with van der Waals surface area (Å²) in [6, 6.07) is 6.65. The Morgan fingerprint density at radius 3 is 2.39 bits per heavy atom. The highest BCUT2D eigenvalue weighted by atomic mass is 19.3. The average molecular weight is 508 g/mol. The van der Waals surface area contributed by atoms with Gasteiger partial charge in [0.2, 0.25) is 5.95 Å². The Balaban J connectivity index is 1.63. The summed E-state index contributed by atoms with van der Waals surface area (Å²) in [6.07, 6.45) is 2.66. The van der Waals surface area contributed by atoms with E-state index < -0.39 is 29.8 Å². The maximum absolute atomic E-state index is 14.1. The Kier molecular flexibility index (Phi) is 7.78. The van der Waals surface area contributed by atoms with Crippen LogP contribution in [-0.2, 0) is 4.74 Å². The van der Waals surface area contributed by atoms with Gasteiger partial charge in [0.25, 0.3) is 0 Å². The third kappa shape index (κ3) is 6.36. The van der Waals surface area contributed by atoms with Crippen molar-refractivity contribution in [2.45, 2.75) is 25.5 Å². The van der Waals surface area contributed by atoms with Crippen LogP contribution in [0, 0.1) is 17.5 Å². The van der Waals surface area contributed by atoms with Crippen LogP contribution in [0.15, 0.2) is 47.6 Å². The fraction of sp³-hybridized carbons (Fsp3) is 0.261. The molecule has 4 rings (SSSR count). The molecule has 3 aromatic rings. The number of aromatic nitrogens is 2. The maximum Gasteiger partial charge on any atom is 0.387 e. The van der Waals surface area contributed by atoms with Crippen LogP contribution >= 0.6 is 0 Å². The molecule has 2 heterocycles. The van der Waals surface area contributed by atoms with Gasteiger partial charge in [-0.25, -0.2) is 23.1 Å². The van der Waals surface area contributed by atoms with E-state index in [1.54, 1.807) is 0 Å². The number of nitrogens with zero attached hydrogens (tertiary/aromatic N) is 3. The highest BCUT2D eigenvalue weighted by Gasteiger charge is 2.20. The number of aliphatic imine (C=N–C) groups is 1. The number of rotatable bonds is 8. The van der Waals surface area contributed by atoms with Gasteiger partial charge in [0, 0.05) is 43.3 Å². The van der Waals surface area contributed by atoms with Crippen molar-refractivity contribution in [2.75, 3.05) is 23.8 Å². The molecule has 4 N–H and O–H groups in total. The van der Waals surface area contributed by atoms with E-state index in [2.05, 4.69) is 30.3 Å². The van der Waals surface area contributed by atoms with Gasteiger partial charge in [-0.05, 0) is 37.1 Å². The highest BCUT2D eigenvalue weighted by molar-refractivity contribution is 6.03. The predicted octanol–water partition coefficient (Wildman–Crippen LogP) is 4.87. The van der Waals surface area contributed by atoms with Crippen molar-refractivity contribution in [1.29, 1.82) is 0 Å². The summed E-state index contributed by atoms with van der Waals surface area (Å²) in [4.78, 5) is 12.4. The van der Waals surface area contributed by atoms with Crippen molar-refractivity contribution in [3.8, 4) is 5.75 Å². The second-order valence-electron chi connectivity index (χ2n) is 7.73. The number of ether oxygens (including phenoxy) is 2. The number of nitrogens with one attached hydrogen (secondary N) is 2. The lowest BCUT2D eigenvalue weighted by molar-refractivity contribution is -0.0498. The smallest absolute Gasteiger partial charge is 0.387 e. The molecule has 190 valence electrons. The van der Waals surface area contributed by atoms with E-state index in [9.17, 15) is 22.0 Å². The molecule has 0 atom stereocenters. The van der Waals surface area contributed by atoms with E-state index in [1.165, 1.54) is 30.5 Å². The molecule has 0 aliphatic carbocycles. The topological polar surface area (TPSA) is 107 Å². The van der Waals surface area contributed by atoms with Crippen LogP contribution in [0.2, 0.25) is 0 Å². The standard InChI is InChI=1S/C23H21F5N6O2/c24-12-9-17(25)19(18(26)10-12)33-20(29)16-11-30-23(34-21(16)31-14-5-7-35-8-6-14)32-13-1-3-15(4-2-13)36-22(27)28/h1-4,9-11,14,22H,5-8H2,(H2,29,33)(H2,30,31,32,34). The monoisotopic (exact) mass is 508 g/mol. The number of hydrogen-bond donors (Lipinski definition) is 3. The third-order valence-corrected chi connectivity index (χ3v) is 5.18. The molecule has 2 aromatic carbocycles. The first-order valence-electron chi connectivity index (χ1n) is 10.8. The first kappa shape index (κ1) is 25.1. The Hall–Kier alpha value is -4.00. The number of benzene rings is 2. The molecular formula is C23H21F5N6O2. The third-order valence-electron chi connectivity index (χ3n) is 5.18. The molecule has 13 heteroatoms. The largest absolute Gasteiger partial charge is 0.435 e. The number of halogens is 5. The molecule has 0 saturated carbocycles. The molecule has 0 bridgehead atoms. The molecule has 0 amide bonds. The number of nitrogens with two attached hydrogens (primary N) is 1. The zero-order valence-electron chi connectivity index (χ0n) is 18.6. The van der Waals surface area contributed by atoms with Crippen LogP contribution in [0.25, 0.3) is 0 Å². The van der Waals surface area contributed by atoms with Crippen LogP contribution in [0.1, 0.15) is 18.4 Å². The van der Waals surface area contributed by atoms with Gasteiger partial charge in [-0.2, -0.15) is 13.8 Å². The normalized spacial score (nSPS) is 14.7. The van der Waals surface area contributed by atoms with Crippen LogP contribution in [-0.4, -0.2) is 41.7 Å². The molecule has 1 fully saturated rings. The molecule has 36 heavy (non-hydrogen) atoms. The second-order valence-corrected chi connectivity index (χ2v) is 7.73. The minimum absolute atomic E-state index is 0.0158. The fourth-order valence-corrected chi connectivity index (χ4v) is 3.45. The van der Waals surface area contributed by atoms with Crippen LogP contribution < -0.4 is 21.1 Å². The SMILES string of the molecule is NC(=Nc1c(F)cc(F)cc1F)c1cnc(Nc2ccc(OC(F)F)cc2)nc1NC1CCOCC1. The zero-order valence-corrected chi connectivity index (χ0v) is 18.6. The van der Waals surface area contributed by atoms with Crippen molar-refractivity contribution in [3.63, 3.8) is 0 Å². The summed E-state index contributed by atoms with van der Waals surface area (Å²) >= 11 is 0. The first-order valence-corrected chi connectivity index (χ1v) is 10.8. The summed E-state index contributed by atoms with van der Waals surface area (Å²) in [7, 11) is 0. The van der Waals surface area contributed by atoms with Gasteiger partial charge >= 0.3 is 6.61 Å². The van der Waals surface area contributed by atoms with Crippen molar-refractivity contribution in [1.82, 2.24) is 9.97 Å². The maximum atomic E-state index is 14.1. The number of hydrogen-bond acceptors (Lipinski definition) is 7. The second kappa shape index (κ2) is 11.2. The average Bonchev–Trinajstić information content (AvgIpc) is 2.83. The Morgan fingerprint density at radius 1 is 1.08 bits per heavy atom. The van der Waals surface area contributed by atoms with E-state index in [1.807, 2.05) is 0 Å². The van der Waals surface area contributed by atoms with Crippen molar-refractivity contribution in [3.05, 3.63) is 65.6 Å². The summed E-state index contributed by atoms with van der Waals surface area (Å²) < 4.78 is 75.8. The van der Waals surface area contributed by atoms with Gasteiger partial charge in [-0.3, -0.25) is 0 Å². The van der Waals surface area contributed by atoms with Gasteiger partial charge < -0.3 is 25.8 Å². The molecule has 1 aromatic heterocycles. The lowest BCUT2D eigenvalue weighted by Gasteiger charge is -2.24. The summed E-state index contributed by atoms with van der Waals surface area (Å²) in [5.74, 6) is -3.46. The van der Waals surface area contributed by atoms with Crippen LogP contribution in [0.4, 0.5) is 45.1 Å². The minimum Gasteiger partial charge on any atom is -0.435 e. The summed E-state index contributed by atoms with van der Waals surface area (Å²) in [6.45, 7) is -1.88. The van der Waals surface area contributed by atoms with E-state index in [0.717, 1.165) is 0 Å². The number of amidine groups is 1. The van der Waals surface area contributed by atoms with Gasteiger partial charge in [-0.1, -0.05) is 0 Å². The van der Waals surface area contributed by atoms with Gasteiger partial charge in [0.15, 0.2) is 11.6 Å². The van der Waals surface area contributed by atoms with Gasteiger partial charge in [-0.15, -0.1) is 0 Å². The van der Waals surface area contributed by atoms with E-state index in [4.69, 9.17) is 10.5 Å². The Bertz CT molecular complexity index is 1210. The number of anilines is 3. The van der Waals surface area contributed by atoms with Crippen LogP contribution in [0.3, 0.4) is 0 Å². The Labute approximate surface area is 202 Å². The molecule has 1 saturated heterocycles. The minimum atomic E-state index is -2.94. The van der Waals surface area contributed by atoms with Crippen LogP contribution in [0.5, 0.6) is 5.75 Å². The molecular weight excluding hydrogens is 487 g/mol. The lowest BCUT2D eigenvalue weighted by Crippen LogP contribution is -2.30. The predicted molar refractivity (Wildman–Crippen MR) is 123 cm³/mol. The molecule has 0 spiro atoms. The van der Waals surface area contributed by atoms with E-state index >= 15 is 0 Å². The highest BCUT2D eigenvalue weighted by Crippen LogP contribution is 2.26. The number of alkyl halides is 2. The van der Waals surface area contributed by atoms with E-state index in [-0.39, 0.29) is 35.0 Å². The van der Waals surface area contributed by atoms with E-state index in [0.29, 0.717) is 43.9 Å². The van der Waals surface area contributed by atoms with Crippen molar-refractivity contribution < 1.29 is 31.4 Å². The van der Waals surface area contributed by atoms with Crippen molar-refractivity contribution in [2.24, 2.45) is 10.7 Å². The zero-order chi connectivity index (χ0) is 25.7. The lowest BCUT2D eigenvalue weighted by atomic mass is 10.1. The van der Waals surface area contributed by atoms with Gasteiger partial charge in [0.05, 0.1) is 5.56 Å². The molecule has 0 radical (unpaired) electrons. The quantitative estimate of drug-likeness (QED) is 0.227. The van der Waals surface area contributed by atoms with Gasteiger partial charge in [0.1, 0.15) is 28.9 Å². The molecule has 0 unspecified atom stereocenters. The Morgan fingerprint density at radius 2 is 1.75 bits per heavy atom.